The van der Waals surface area contributed by atoms with Gasteiger partial charge in [0.2, 0.25) is 5.95 Å². The molecule has 0 atom stereocenters. The minimum atomic E-state index is -0.264. The predicted octanol–water partition coefficient (Wildman–Crippen LogP) is 3.70. The monoisotopic (exact) mass is 362 g/mol. The van der Waals surface area contributed by atoms with Gasteiger partial charge in [0.15, 0.2) is 0 Å². The third-order valence-corrected chi connectivity index (χ3v) is 4.05. The van der Waals surface area contributed by atoms with Crippen molar-refractivity contribution in [3.63, 3.8) is 0 Å². The highest BCUT2D eigenvalue weighted by Gasteiger charge is 2.09. The number of ether oxygens (including phenoxy) is 1. The number of hydrogen-bond acceptors (Lipinski definition) is 5. The number of amides is 1. The summed E-state index contributed by atoms with van der Waals surface area (Å²) in [6.45, 7) is 2.66. The van der Waals surface area contributed by atoms with E-state index in [4.69, 9.17) is 4.74 Å². The van der Waals surface area contributed by atoms with Crippen LogP contribution >= 0.6 is 0 Å². The molecule has 0 saturated heterocycles. The van der Waals surface area contributed by atoms with E-state index in [0.29, 0.717) is 18.2 Å². The minimum absolute atomic E-state index is 0.264. The number of aromatic nitrogens is 2. The average Bonchev–Trinajstić information content (AvgIpc) is 2.70. The Morgan fingerprint density at radius 1 is 1.04 bits per heavy atom. The van der Waals surface area contributed by atoms with Crippen LogP contribution in [0.15, 0.2) is 60.8 Å². The highest BCUT2D eigenvalue weighted by atomic mass is 16.5. The molecule has 2 aromatic carbocycles. The first-order valence-corrected chi connectivity index (χ1v) is 8.72. The molecule has 1 heterocycles. The van der Waals surface area contributed by atoms with Crippen LogP contribution in [0.1, 0.15) is 21.6 Å². The molecule has 0 radical (unpaired) electrons. The van der Waals surface area contributed by atoms with E-state index in [2.05, 4.69) is 20.6 Å². The highest BCUT2D eigenvalue weighted by Crippen LogP contribution is 2.12. The smallest absolute Gasteiger partial charge is 0.274 e. The van der Waals surface area contributed by atoms with Crippen LogP contribution in [-0.2, 0) is 6.42 Å². The maximum atomic E-state index is 12.4. The summed E-state index contributed by atoms with van der Waals surface area (Å²) in [6, 6.07) is 17.1. The zero-order valence-electron chi connectivity index (χ0n) is 15.4. The number of hydrogen-bond donors (Lipinski definition) is 2. The number of anilines is 2. The molecule has 1 amide bonds. The molecule has 3 rings (SSSR count). The van der Waals surface area contributed by atoms with E-state index in [-0.39, 0.29) is 5.91 Å². The van der Waals surface area contributed by atoms with Gasteiger partial charge in [-0.1, -0.05) is 29.8 Å². The third-order valence-electron chi connectivity index (χ3n) is 4.05. The second-order valence-corrected chi connectivity index (χ2v) is 6.11. The fraction of sp³-hybridized carbons (Fsp3) is 0.190. The number of nitrogens with one attached hydrogen (secondary N) is 2. The second kappa shape index (κ2) is 8.80. The van der Waals surface area contributed by atoms with Crippen molar-refractivity contribution in [3.05, 3.63) is 77.6 Å². The zero-order chi connectivity index (χ0) is 19.1. The molecule has 0 aliphatic rings. The summed E-state index contributed by atoms with van der Waals surface area (Å²) in [5.41, 5.74) is 3.37. The molecular weight excluding hydrogens is 340 g/mol. The number of methoxy groups -OCH3 is 1. The Balaban J connectivity index is 1.56. The Labute approximate surface area is 158 Å². The van der Waals surface area contributed by atoms with Crippen molar-refractivity contribution in [2.24, 2.45) is 0 Å². The van der Waals surface area contributed by atoms with Crippen LogP contribution in [0.3, 0.4) is 0 Å². The number of aryl methyl sites for hydroxylation is 1. The molecule has 6 heteroatoms. The van der Waals surface area contributed by atoms with Crippen LogP contribution in [0.2, 0.25) is 0 Å². The molecule has 1 aromatic heterocycles. The first kappa shape index (κ1) is 18.4. The molecule has 0 spiro atoms. The molecule has 2 N–H and O–H groups in total. The molecular formula is C21H22N4O2. The lowest BCUT2D eigenvalue weighted by Crippen LogP contribution is -2.16. The molecule has 0 fully saturated rings. The Morgan fingerprint density at radius 2 is 1.78 bits per heavy atom. The van der Waals surface area contributed by atoms with Gasteiger partial charge in [-0.15, -0.1) is 0 Å². The number of carbonyl (C=O) groups is 1. The molecule has 27 heavy (non-hydrogen) atoms. The van der Waals surface area contributed by atoms with Crippen LogP contribution in [0, 0.1) is 6.92 Å². The van der Waals surface area contributed by atoms with Gasteiger partial charge in [-0.05, 0) is 49.2 Å². The van der Waals surface area contributed by atoms with Gasteiger partial charge in [-0.2, -0.15) is 0 Å². The van der Waals surface area contributed by atoms with E-state index in [1.165, 1.54) is 5.56 Å². The van der Waals surface area contributed by atoms with Crippen molar-refractivity contribution < 1.29 is 9.53 Å². The van der Waals surface area contributed by atoms with E-state index in [0.717, 1.165) is 23.4 Å². The summed E-state index contributed by atoms with van der Waals surface area (Å²) in [6.07, 6.45) is 2.39. The maximum Gasteiger partial charge on any atom is 0.274 e. The lowest BCUT2D eigenvalue weighted by Gasteiger charge is -2.08. The summed E-state index contributed by atoms with van der Waals surface area (Å²) in [5.74, 6) is 1.00. The Morgan fingerprint density at radius 3 is 2.48 bits per heavy atom. The lowest BCUT2D eigenvalue weighted by molar-refractivity contribution is 0.102. The SMILES string of the molecule is COc1ccc(CCNc2nccc(C(=O)Nc3ccc(C)cc3)n2)cc1. The predicted molar refractivity (Wildman–Crippen MR) is 106 cm³/mol. The minimum Gasteiger partial charge on any atom is -0.497 e. The molecule has 3 aromatic rings. The molecule has 6 nitrogen and oxygen atoms in total. The molecule has 0 saturated carbocycles. The average molecular weight is 362 g/mol. The zero-order valence-corrected chi connectivity index (χ0v) is 15.4. The second-order valence-electron chi connectivity index (χ2n) is 6.11. The van der Waals surface area contributed by atoms with Gasteiger partial charge in [-0.3, -0.25) is 4.79 Å². The maximum absolute atomic E-state index is 12.4. The fourth-order valence-corrected chi connectivity index (χ4v) is 2.51. The topological polar surface area (TPSA) is 76.1 Å². The summed E-state index contributed by atoms with van der Waals surface area (Å²) >= 11 is 0. The Hall–Kier alpha value is -3.41. The molecule has 0 bridgehead atoms. The molecule has 138 valence electrons. The summed E-state index contributed by atoms with van der Waals surface area (Å²) in [7, 11) is 1.65. The number of carbonyl (C=O) groups excluding carboxylic acids is 1. The third kappa shape index (κ3) is 5.28. The van der Waals surface area contributed by atoms with E-state index in [1.807, 2.05) is 55.5 Å². The number of nitrogens with zero attached hydrogens (tertiary/aromatic N) is 2. The standard InChI is InChI=1S/C21H22N4O2/c1-15-3-7-17(8-4-15)24-20(26)19-12-14-23-21(25-19)22-13-11-16-5-9-18(27-2)10-6-16/h3-10,12,14H,11,13H2,1-2H3,(H,24,26)(H,22,23,25). The lowest BCUT2D eigenvalue weighted by atomic mass is 10.1. The number of benzene rings is 2. The van der Waals surface area contributed by atoms with Gasteiger partial charge in [0.05, 0.1) is 7.11 Å². The van der Waals surface area contributed by atoms with Gasteiger partial charge >= 0.3 is 0 Å². The van der Waals surface area contributed by atoms with Crippen molar-refractivity contribution in [1.82, 2.24) is 9.97 Å². The van der Waals surface area contributed by atoms with Gasteiger partial charge < -0.3 is 15.4 Å². The van der Waals surface area contributed by atoms with Gasteiger partial charge in [0.1, 0.15) is 11.4 Å². The largest absolute Gasteiger partial charge is 0.497 e. The summed E-state index contributed by atoms with van der Waals surface area (Å²) in [4.78, 5) is 20.8. The van der Waals surface area contributed by atoms with Crippen molar-refractivity contribution in [1.29, 1.82) is 0 Å². The van der Waals surface area contributed by atoms with E-state index in [1.54, 1.807) is 19.4 Å². The summed E-state index contributed by atoms with van der Waals surface area (Å²) in [5, 5.41) is 5.99. The van der Waals surface area contributed by atoms with Crippen LogP contribution < -0.4 is 15.4 Å². The summed E-state index contributed by atoms with van der Waals surface area (Å²) < 4.78 is 5.15. The van der Waals surface area contributed by atoms with E-state index >= 15 is 0 Å². The first-order chi connectivity index (χ1) is 13.1. The van der Waals surface area contributed by atoms with Crippen LogP contribution in [0.5, 0.6) is 5.75 Å². The van der Waals surface area contributed by atoms with E-state index < -0.39 is 0 Å². The number of rotatable bonds is 7. The van der Waals surface area contributed by atoms with Crippen LogP contribution in [0.25, 0.3) is 0 Å². The van der Waals surface area contributed by atoms with Crippen molar-refractivity contribution in [2.45, 2.75) is 13.3 Å². The van der Waals surface area contributed by atoms with Crippen LogP contribution in [0.4, 0.5) is 11.6 Å². The quantitative estimate of drug-likeness (QED) is 0.670. The molecule has 0 aliphatic heterocycles. The van der Waals surface area contributed by atoms with E-state index in [9.17, 15) is 4.79 Å². The van der Waals surface area contributed by atoms with Crippen molar-refractivity contribution >= 4 is 17.5 Å². The van der Waals surface area contributed by atoms with Gasteiger partial charge in [-0.25, -0.2) is 9.97 Å². The van der Waals surface area contributed by atoms with Crippen molar-refractivity contribution in [2.75, 3.05) is 24.3 Å². The van der Waals surface area contributed by atoms with Gasteiger partial charge in [0, 0.05) is 18.4 Å². The fourth-order valence-electron chi connectivity index (χ4n) is 2.51. The molecule has 0 aliphatic carbocycles. The van der Waals surface area contributed by atoms with Crippen molar-refractivity contribution in [3.8, 4) is 5.75 Å². The first-order valence-electron chi connectivity index (χ1n) is 8.72. The Kier molecular flexibility index (Phi) is 5.99. The Bertz CT molecular complexity index is 893. The normalized spacial score (nSPS) is 10.3. The van der Waals surface area contributed by atoms with Crippen LogP contribution in [-0.4, -0.2) is 29.5 Å². The highest BCUT2D eigenvalue weighted by molar-refractivity contribution is 6.02. The molecule has 0 unspecified atom stereocenters. The van der Waals surface area contributed by atoms with Gasteiger partial charge in [0.25, 0.3) is 5.91 Å².